The Bertz CT molecular complexity index is 1640. The lowest BCUT2D eigenvalue weighted by molar-refractivity contribution is -0.218. The number of aromatic nitrogens is 1. The van der Waals surface area contributed by atoms with Gasteiger partial charge in [-0.1, -0.05) is 5.16 Å². The number of rotatable bonds is 13. The summed E-state index contributed by atoms with van der Waals surface area (Å²) in [6, 6.07) is 5.30. The van der Waals surface area contributed by atoms with Crippen LogP contribution < -0.4 is 26.8 Å². The van der Waals surface area contributed by atoms with E-state index in [4.69, 9.17) is 25.6 Å². The van der Waals surface area contributed by atoms with E-state index in [2.05, 4.69) is 30.0 Å². The van der Waals surface area contributed by atoms with E-state index >= 15 is 0 Å². The van der Waals surface area contributed by atoms with Crippen LogP contribution in [0.3, 0.4) is 0 Å². The minimum atomic E-state index is -5.02. The second-order valence-corrected chi connectivity index (χ2v) is 13.1. The molecule has 1 aromatic carbocycles. The zero-order valence-corrected chi connectivity index (χ0v) is 26.6. The van der Waals surface area contributed by atoms with Gasteiger partial charge >= 0.3 is 16.4 Å². The number of aliphatic carboxylic acids is 1. The number of nitrogen functional groups attached to an aromatic ring is 1. The van der Waals surface area contributed by atoms with Gasteiger partial charge in [0.25, 0.3) is 17.9 Å². The maximum Gasteiger partial charge on any atom is 0.418 e. The lowest BCUT2D eigenvalue weighted by Gasteiger charge is -2.50. The van der Waals surface area contributed by atoms with E-state index in [0.717, 1.165) is 37.3 Å². The fraction of sp³-hybridized carbons (Fsp3) is 0.462. The van der Waals surface area contributed by atoms with E-state index in [1.807, 2.05) is 0 Å². The van der Waals surface area contributed by atoms with E-state index < -0.39 is 58.2 Å². The molecule has 0 saturated carbocycles. The number of carbonyl (C=O) groups excluding carboxylic acids is 2. The summed E-state index contributed by atoms with van der Waals surface area (Å²) in [6.45, 7) is 5.50. The Hall–Kier alpha value is -4.37. The third-order valence-corrected chi connectivity index (χ3v) is 8.20. The largest absolute Gasteiger partial charge is 0.489 e. The van der Waals surface area contributed by atoms with Crippen molar-refractivity contribution in [2.75, 3.05) is 25.4 Å². The third kappa shape index (κ3) is 8.26. The summed E-state index contributed by atoms with van der Waals surface area (Å²) >= 11 is 1.02. The van der Waals surface area contributed by atoms with E-state index in [0.29, 0.717) is 27.1 Å². The molecule has 2 fully saturated rings. The number of ether oxygens (including phenoxy) is 1. The van der Waals surface area contributed by atoms with Gasteiger partial charge in [-0.3, -0.25) is 19.1 Å². The molecule has 0 radical (unpaired) electrons. The number of oxime groups is 1. The van der Waals surface area contributed by atoms with Crippen LogP contribution in [-0.4, -0.2) is 101 Å². The fourth-order valence-corrected chi connectivity index (χ4v) is 5.76. The highest BCUT2D eigenvalue weighted by molar-refractivity contribution is 7.80. The van der Waals surface area contributed by atoms with Crippen molar-refractivity contribution < 1.29 is 46.3 Å². The first kappa shape index (κ1) is 34.5. The number of hydrogen-bond acceptors (Lipinski definition) is 14. The van der Waals surface area contributed by atoms with E-state index in [1.54, 1.807) is 31.2 Å². The summed E-state index contributed by atoms with van der Waals surface area (Å²) in [7, 11) is -5.02. The summed E-state index contributed by atoms with van der Waals surface area (Å²) in [6.07, 6.45) is 0.263. The average Bonchev–Trinajstić information content (AvgIpc) is 3.33. The van der Waals surface area contributed by atoms with Gasteiger partial charge in [0, 0.05) is 17.0 Å². The lowest BCUT2D eigenvalue weighted by Crippen LogP contribution is -2.76. The first-order chi connectivity index (χ1) is 21.6. The van der Waals surface area contributed by atoms with Crippen LogP contribution in [0.2, 0.25) is 0 Å². The molecule has 8 N–H and O–H groups in total. The number of thiazole rings is 1. The monoisotopic (exact) mass is 682 g/mol. The van der Waals surface area contributed by atoms with Gasteiger partial charge in [-0.05, 0) is 64.4 Å². The summed E-state index contributed by atoms with van der Waals surface area (Å²) in [5.74, 6) is -2.79. The number of carbonyl (C=O) groups is 3. The van der Waals surface area contributed by atoms with Crippen molar-refractivity contribution in [3.05, 3.63) is 40.4 Å². The molecular weight excluding hydrogens is 648 g/mol. The first-order valence-electron chi connectivity index (χ1n) is 13.9. The minimum Gasteiger partial charge on any atom is -0.489 e. The van der Waals surface area contributed by atoms with Crippen LogP contribution in [0, 0.1) is 6.92 Å². The zero-order valence-electron chi connectivity index (χ0n) is 25.0. The molecule has 46 heavy (non-hydrogen) atoms. The van der Waals surface area contributed by atoms with E-state index in [1.165, 1.54) is 13.8 Å². The average molecular weight is 683 g/mol. The highest BCUT2D eigenvalue weighted by Crippen LogP contribution is 2.33. The number of hydroxylamine groups is 2. The Morgan fingerprint density at radius 2 is 2.00 bits per heavy atom. The second kappa shape index (κ2) is 14.0. The topological polar surface area (TPSA) is 270 Å². The van der Waals surface area contributed by atoms with Gasteiger partial charge in [-0.25, -0.2) is 9.78 Å². The SMILES string of the molecule is Cc1sc(N)nc1/C(=N/O[C@@H](COc1ccc(C(N)=N[C@@H]2CCCNC2)cc1)C(=O)O)C(=O)N[C@@H]1C(=O)N(OS(=O)(=O)O)C1(C)C. The number of aliphatic imine (C=N–C) groups is 1. The quantitative estimate of drug-likeness (QED) is 0.0515. The molecule has 4 rings (SSSR count). The Morgan fingerprint density at radius 1 is 1.30 bits per heavy atom. The molecule has 2 amide bonds. The summed E-state index contributed by atoms with van der Waals surface area (Å²) < 4.78 is 41.1. The number of benzene rings is 1. The van der Waals surface area contributed by atoms with Gasteiger partial charge in [-0.2, -0.15) is 13.5 Å². The maximum atomic E-state index is 13.3. The fourth-order valence-electron chi connectivity index (χ4n) is 4.62. The second-order valence-electron chi connectivity index (χ2n) is 10.9. The van der Waals surface area contributed by atoms with Crippen LogP contribution >= 0.6 is 11.3 Å². The molecule has 0 aliphatic carbocycles. The lowest BCUT2D eigenvalue weighted by atomic mass is 9.84. The van der Waals surface area contributed by atoms with Gasteiger partial charge in [-0.15, -0.1) is 15.6 Å². The smallest absolute Gasteiger partial charge is 0.418 e. The van der Waals surface area contributed by atoms with Gasteiger partial charge in [0.1, 0.15) is 29.9 Å². The van der Waals surface area contributed by atoms with Gasteiger partial charge in [0.2, 0.25) is 0 Å². The van der Waals surface area contributed by atoms with Crippen LogP contribution in [0.15, 0.2) is 34.4 Å². The number of piperidine rings is 1. The molecule has 250 valence electrons. The molecule has 2 aliphatic rings. The molecule has 0 unspecified atom stereocenters. The van der Waals surface area contributed by atoms with Crippen molar-refractivity contribution in [1.29, 1.82) is 0 Å². The van der Waals surface area contributed by atoms with Crippen molar-refractivity contribution in [2.45, 2.75) is 57.3 Å². The molecule has 3 heterocycles. The maximum absolute atomic E-state index is 13.3. The molecule has 1 aromatic heterocycles. The number of nitrogens with one attached hydrogen (secondary N) is 2. The highest BCUT2D eigenvalue weighted by Gasteiger charge is 2.58. The number of β-lactam (4-membered cyclic amide) rings is 1. The van der Waals surface area contributed by atoms with Gasteiger partial charge in [0.05, 0.1) is 11.6 Å². The van der Waals surface area contributed by atoms with Crippen molar-refractivity contribution in [3.63, 3.8) is 0 Å². The standard InChI is InChI=1S/C26H34N8O10S2/c1-13-18(31-25(28)45-13)19(22(35)32-20-23(36)34(26(20,2)3)44-46(39,40)41)33-43-17(24(37)38)12-42-16-8-6-14(7-9-16)21(27)30-15-5-4-10-29-11-15/h6-9,15,17,20,29H,4-5,10-12H2,1-3H3,(H2,27,30)(H2,28,31)(H,32,35)(H,37,38)(H,39,40,41)/b33-19-/t15-,17+,20-/m1/s1. The number of carboxylic acids is 1. The van der Waals surface area contributed by atoms with Crippen molar-refractivity contribution >= 4 is 56.2 Å². The number of anilines is 1. The highest BCUT2D eigenvalue weighted by atomic mass is 32.3. The van der Waals surface area contributed by atoms with Crippen LogP contribution in [0.1, 0.15) is 42.8 Å². The predicted octanol–water partition coefficient (Wildman–Crippen LogP) is -0.416. The molecule has 3 atom stereocenters. The van der Waals surface area contributed by atoms with Crippen molar-refractivity contribution in [2.24, 2.45) is 15.9 Å². The Kier molecular flexibility index (Phi) is 10.5. The van der Waals surface area contributed by atoms with Crippen LogP contribution in [-0.2, 0) is 33.9 Å². The number of hydrogen-bond donors (Lipinski definition) is 6. The Labute approximate surface area is 267 Å². The Balaban J connectivity index is 1.46. The third-order valence-electron chi connectivity index (χ3n) is 7.06. The number of nitrogens with two attached hydrogens (primary N) is 2. The van der Waals surface area contributed by atoms with Gasteiger partial charge < -0.3 is 36.8 Å². The number of amides is 2. The molecule has 2 aliphatic heterocycles. The molecule has 20 heteroatoms. The van der Waals surface area contributed by atoms with Crippen molar-refractivity contribution in [3.8, 4) is 5.75 Å². The molecule has 0 spiro atoms. The molecule has 0 bridgehead atoms. The molecule has 2 aromatic rings. The van der Waals surface area contributed by atoms with E-state index in [9.17, 15) is 27.9 Å². The number of nitrogens with zero attached hydrogens (tertiary/aromatic N) is 4. The number of carboxylic acid groups (broad SMARTS) is 1. The summed E-state index contributed by atoms with van der Waals surface area (Å²) in [5, 5.41) is 19.6. The normalized spacial score (nSPS) is 20.9. The molecule has 18 nitrogen and oxygen atoms in total. The first-order valence-corrected chi connectivity index (χ1v) is 16.0. The van der Waals surface area contributed by atoms with Gasteiger partial charge in [0.15, 0.2) is 10.8 Å². The number of aryl methyl sites for hydroxylation is 1. The zero-order chi connectivity index (χ0) is 33.8. The van der Waals surface area contributed by atoms with Crippen LogP contribution in [0.4, 0.5) is 5.13 Å². The molecule has 2 saturated heterocycles. The minimum absolute atomic E-state index is 0.0421. The van der Waals surface area contributed by atoms with Crippen molar-refractivity contribution in [1.82, 2.24) is 20.7 Å². The number of amidine groups is 1. The molecular formula is C26H34N8O10S2. The van der Waals surface area contributed by atoms with Crippen LogP contribution in [0.5, 0.6) is 5.75 Å². The van der Waals surface area contributed by atoms with E-state index in [-0.39, 0.29) is 16.9 Å². The predicted molar refractivity (Wildman–Crippen MR) is 164 cm³/mol. The van der Waals surface area contributed by atoms with Crippen LogP contribution in [0.25, 0.3) is 0 Å². The summed E-state index contributed by atoms with van der Waals surface area (Å²) in [4.78, 5) is 52.1. The Morgan fingerprint density at radius 3 is 2.54 bits per heavy atom. The summed E-state index contributed by atoms with van der Waals surface area (Å²) in [5.41, 5.74) is 10.6.